The fraction of sp³-hybridized carbons (Fsp3) is 0.875. The van der Waals surface area contributed by atoms with Gasteiger partial charge < -0.3 is 0 Å². The first kappa shape index (κ1) is 11.8. The Bertz CT molecular complexity index is 149. The van der Waals surface area contributed by atoms with E-state index in [0.717, 1.165) is 0 Å². The van der Waals surface area contributed by atoms with Gasteiger partial charge in [0, 0.05) is 0 Å². The topological polar surface area (TPSA) is 37.3 Å². The third-order valence-electron chi connectivity index (χ3n) is 2.87. The van der Waals surface area contributed by atoms with Crippen LogP contribution in [0.4, 0.5) is 4.39 Å². The van der Waals surface area contributed by atoms with Gasteiger partial charge in [-0.25, -0.2) is 0 Å². The van der Waals surface area contributed by atoms with Gasteiger partial charge in [0.1, 0.15) is 0 Å². The van der Waals surface area contributed by atoms with Crippen molar-refractivity contribution in [1.82, 2.24) is 0 Å². The summed E-state index contributed by atoms with van der Waals surface area (Å²) in [4.78, 5) is 10.5. The Balaban J connectivity index is 4.58. The standard InChI is InChI=1S/C8H18FO2P/c1-4-12(5-2,6-3)7(9)8(10)11/h7,12H,4-6H2,1-3H3,(H,10,11). The van der Waals surface area contributed by atoms with E-state index in [1.807, 2.05) is 20.8 Å². The molecule has 0 heterocycles. The molecule has 0 saturated heterocycles. The van der Waals surface area contributed by atoms with Crippen molar-refractivity contribution < 1.29 is 14.3 Å². The molecule has 0 rings (SSSR count). The van der Waals surface area contributed by atoms with Crippen molar-refractivity contribution in [1.29, 1.82) is 0 Å². The molecule has 74 valence electrons. The second-order valence-electron chi connectivity index (χ2n) is 3.12. The van der Waals surface area contributed by atoms with Gasteiger partial charge in [-0.1, -0.05) is 0 Å². The van der Waals surface area contributed by atoms with Crippen molar-refractivity contribution in [3.63, 3.8) is 0 Å². The zero-order chi connectivity index (χ0) is 9.78. The number of carboxylic acids is 1. The molecule has 0 aromatic rings. The van der Waals surface area contributed by atoms with Crippen LogP contribution in [-0.4, -0.2) is 35.5 Å². The van der Waals surface area contributed by atoms with Gasteiger partial charge in [0.25, 0.3) is 0 Å². The van der Waals surface area contributed by atoms with Gasteiger partial charge in [0.15, 0.2) is 0 Å². The number of carbonyl (C=O) groups is 1. The van der Waals surface area contributed by atoms with Gasteiger partial charge in [-0.05, 0) is 0 Å². The van der Waals surface area contributed by atoms with Crippen molar-refractivity contribution in [2.45, 2.75) is 26.7 Å². The second kappa shape index (κ2) is 4.76. The van der Waals surface area contributed by atoms with E-state index in [4.69, 9.17) is 5.11 Å². The van der Waals surface area contributed by atoms with E-state index in [2.05, 4.69) is 0 Å². The molecule has 0 bridgehead atoms. The summed E-state index contributed by atoms with van der Waals surface area (Å²) in [6.07, 6.45) is 2.15. The van der Waals surface area contributed by atoms with Crippen LogP contribution in [0.3, 0.4) is 0 Å². The molecule has 0 spiro atoms. The number of aliphatic carboxylic acids is 1. The Morgan fingerprint density at radius 3 is 1.75 bits per heavy atom. The summed E-state index contributed by atoms with van der Waals surface area (Å²) in [5.74, 6) is -2.86. The number of hydrogen-bond acceptors (Lipinski definition) is 1. The fourth-order valence-electron chi connectivity index (χ4n) is 1.55. The first-order valence-electron chi connectivity index (χ1n) is 4.41. The zero-order valence-electron chi connectivity index (χ0n) is 7.93. The summed E-state index contributed by atoms with van der Waals surface area (Å²) in [6.45, 7) is 5.69. The predicted molar refractivity (Wildman–Crippen MR) is 52.5 cm³/mol. The normalized spacial score (nSPS) is 15.7. The van der Waals surface area contributed by atoms with Crippen molar-refractivity contribution in [3.8, 4) is 0 Å². The molecule has 1 unspecified atom stereocenters. The van der Waals surface area contributed by atoms with E-state index in [1.165, 1.54) is 0 Å². The second-order valence-corrected chi connectivity index (χ2v) is 8.48. The molecule has 0 aromatic heterocycles. The molecule has 0 aromatic carbocycles. The van der Waals surface area contributed by atoms with E-state index < -0.39 is 19.1 Å². The number of halogens is 1. The molecule has 4 heteroatoms. The summed E-state index contributed by atoms with van der Waals surface area (Å²) in [5.41, 5.74) is 0. The van der Waals surface area contributed by atoms with Gasteiger partial charge in [0.2, 0.25) is 0 Å². The molecular formula is C8H18FO2P. The molecule has 0 aliphatic rings. The van der Waals surface area contributed by atoms with E-state index in [-0.39, 0.29) is 0 Å². The summed E-state index contributed by atoms with van der Waals surface area (Å²) in [5, 5.41) is 8.57. The summed E-state index contributed by atoms with van der Waals surface area (Å²) >= 11 is 0. The summed E-state index contributed by atoms with van der Waals surface area (Å²) in [6, 6.07) is 0. The first-order valence-corrected chi connectivity index (χ1v) is 7.10. The zero-order valence-corrected chi connectivity index (χ0v) is 8.93. The van der Waals surface area contributed by atoms with Crippen molar-refractivity contribution in [3.05, 3.63) is 0 Å². The Morgan fingerprint density at radius 2 is 1.67 bits per heavy atom. The van der Waals surface area contributed by atoms with Crippen LogP contribution in [0.5, 0.6) is 0 Å². The third-order valence-corrected chi connectivity index (χ3v) is 8.41. The Hall–Kier alpha value is -0.170. The molecule has 0 radical (unpaired) electrons. The Kier molecular flexibility index (Phi) is 4.69. The van der Waals surface area contributed by atoms with Gasteiger partial charge in [-0.15, -0.1) is 0 Å². The number of hydrogen-bond donors (Lipinski definition) is 1. The predicted octanol–water partition coefficient (Wildman–Crippen LogP) is 2.18. The van der Waals surface area contributed by atoms with Crippen LogP contribution in [0.15, 0.2) is 0 Å². The fourth-order valence-corrected chi connectivity index (χ4v) is 4.65. The third kappa shape index (κ3) is 2.16. The molecule has 1 N–H and O–H groups in total. The van der Waals surface area contributed by atoms with Crippen LogP contribution in [0.25, 0.3) is 0 Å². The van der Waals surface area contributed by atoms with Gasteiger partial charge >= 0.3 is 72.7 Å². The Labute approximate surface area is 73.5 Å². The van der Waals surface area contributed by atoms with E-state index >= 15 is 0 Å². The molecule has 1 atom stereocenters. The molecule has 0 saturated carbocycles. The molecule has 12 heavy (non-hydrogen) atoms. The first-order chi connectivity index (χ1) is 5.54. The van der Waals surface area contributed by atoms with Crippen LogP contribution >= 0.6 is 7.26 Å². The van der Waals surface area contributed by atoms with E-state index in [0.29, 0.717) is 18.5 Å². The van der Waals surface area contributed by atoms with Crippen LogP contribution in [-0.2, 0) is 4.79 Å². The number of alkyl halides is 1. The van der Waals surface area contributed by atoms with Crippen molar-refractivity contribution in [2.75, 3.05) is 18.5 Å². The molecule has 0 aliphatic carbocycles. The monoisotopic (exact) mass is 196 g/mol. The van der Waals surface area contributed by atoms with Crippen LogP contribution in [0.1, 0.15) is 20.8 Å². The minimum absolute atomic E-state index is 0.716. The minimum atomic E-state index is -2.15. The van der Waals surface area contributed by atoms with Gasteiger partial charge in [0.05, 0.1) is 0 Å². The molecule has 2 nitrogen and oxygen atoms in total. The molecule has 0 aliphatic heterocycles. The van der Waals surface area contributed by atoms with E-state index in [9.17, 15) is 9.18 Å². The van der Waals surface area contributed by atoms with Crippen LogP contribution in [0, 0.1) is 0 Å². The van der Waals surface area contributed by atoms with Gasteiger partial charge in [-0.3, -0.25) is 0 Å². The maximum absolute atomic E-state index is 13.3. The van der Waals surface area contributed by atoms with Gasteiger partial charge in [-0.2, -0.15) is 0 Å². The summed E-state index contributed by atoms with van der Waals surface area (Å²) < 4.78 is 13.3. The number of carboxylic acid groups (broad SMARTS) is 1. The van der Waals surface area contributed by atoms with Crippen LogP contribution < -0.4 is 0 Å². The SMILES string of the molecule is CC[PH](CC)(CC)C(F)C(=O)O. The number of rotatable bonds is 5. The quantitative estimate of drug-likeness (QED) is 0.684. The van der Waals surface area contributed by atoms with Crippen molar-refractivity contribution in [2.24, 2.45) is 0 Å². The molecule has 0 fully saturated rings. The van der Waals surface area contributed by atoms with Crippen LogP contribution in [0.2, 0.25) is 0 Å². The molecule has 0 amide bonds. The van der Waals surface area contributed by atoms with Crippen molar-refractivity contribution >= 4 is 13.2 Å². The maximum atomic E-state index is 13.3. The Morgan fingerprint density at radius 1 is 1.33 bits per heavy atom. The average molecular weight is 196 g/mol. The average Bonchev–Trinajstić information content (AvgIpc) is 2.08. The summed E-state index contributed by atoms with van der Waals surface area (Å²) in [7, 11) is -2.15. The molecular weight excluding hydrogens is 178 g/mol. The van der Waals surface area contributed by atoms with E-state index in [1.54, 1.807) is 0 Å².